The molecule has 0 N–H and O–H groups in total. The third-order valence-corrected chi connectivity index (χ3v) is 2.93. The Balaban J connectivity index is 3.58. The van der Waals surface area contributed by atoms with E-state index in [1.807, 2.05) is 0 Å². The lowest BCUT2D eigenvalue weighted by Gasteiger charge is -2.07. The molecule has 56 valence electrons. The summed E-state index contributed by atoms with van der Waals surface area (Å²) >= 11 is 2.81. The van der Waals surface area contributed by atoms with E-state index in [4.69, 9.17) is 9.05 Å². The molecule has 0 saturated carbocycles. The Bertz CT molecular complexity index is 106. The molecule has 9 heavy (non-hydrogen) atoms. The first kappa shape index (κ1) is 9.63. The first-order valence-electron chi connectivity index (χ1n) is 2.71. The molecule has 5 heteroatoms. The Labute approximate surface area is 63.0 Å². The van der Waals surface area contributed by atoms with Gasteiger partial charge in [-0.15, -0.1) is 0 Å². The average molecular weight is 217 g/mol. The van der Waals surface area contributed by atoms with Gasteiger partial charge in [0, 0.05) is 15.5 Å². The fourth-order valence-electron chi connectivity index (χ4n) is 0.346. The topological polar surface area (TPSA) is 35.5 Å². The minimum atomic E-state index is -2.88. The van der Waals surface area contributed by atoms with Crippen molar-refractivity contribution >= 4 is 21.8 Å². The summed E-state index contributed by atoms with van der Waals surface area (Å²) in [6.45, 7) is 4.30. The highest BCUT2D eigenvalue weighted by atomic mass is 79.9. The second-order valence-electron chi connectivity index (χ2n) is 1.27. The molecule has 0 fully saturated rings. The van der Waals surface area contributed by atoms with Gasteiger partial charge in [0.25, 0.3) is 0 Å². The van der Waals surface area contributed by atoms with Gasteiger partial charge in [0.15, 0.2) is 0 Å². The number of hydrogen-bond acceptors (Lipinski definition) is 3. The van der Waals surface area contributed by atoms with Crippen LogP contribution in [0.4, 0.5) is 0 Å². The van der Waals surface area contributed by atoms with Crippen molar-refractivity contribution in [3.05, 3.63) is 0 Å². The van der Waals surface area contributed by atoms with Gasteiger partial charge in [-0.25, -0.2) is 4.57 Å². The zero-order chi connectivity index (χ0) is 7.33. The Kier molecular flexibility index (Phi) is 4.76. The molecule has 0 aliphatic rings. The van der Waals surface area contributed by atoms with Gasteiger partial charge in [0.05, 0.1) is 13.2 Å². The van der Waals surface area contributed by atoms with Gasteiger partial charge in [0.2, 0.25) is 0 Å². The average Bonchev–Trinajstić information content (AvgIpc) is 1.64. The van der Waals surface area contributed by atoms with Crippen LogP contribution in [0.25, 0.3) is 0 Å². The molecule has 0 aliphatic heterocycles. The standard InChI is InChI=1S/C4H10BrO3P/c1-3-7-9(5,6)8-4-2/h3-4H2,1-2H3. The summed E-state index contributed by atoms with van der Waals surface area (Å²) in [5.74, 6) is 0. The molecule has 0 heterocycles. The van der Waals surface area contributed by atoms with Gasteiger partial charge >= 0.3 is 6.30 Å². The Hall–Kier alpha value is 0.630. The van der Waals surface area contributed by atoms with Crippen molar-refractivity contribution in [2.75, 3.05) is 13.2 Å². The van der Waals surface area contributed by atoms with E-state index < -0.39 is 6.30 Å². The normalized spacial score (nSPS) is 11.9. The first-order valence-corrected chi connectivity index (χ1v) is 6.27. The summed E-state index contributed by atoms with van der Waals surface area (Å²) in [7, 11) is 0. The summed E-state index contributed by atoms with van der Waals surface area (Å²) in [4.78, 5) is 0. The molecule has 0 aromatic heterocycles. The van der Waals surface area contributed by atoms with Gasteiger partial charge in [0.1, 0.15) is 0 Å². The molecule has 0 unspecified atom stereocenters. The van der Waals surface area contributed by atoms with E-state index >= 15 is 0 Å². The van der Waals surface area contributed by atoms with Crippen LogP contribution >= 0.6 is 21.8 Å². The van der Waals surface area contributed by atoms with E-state index in [0.29, 0.717) is 13.2 Å². The highest BCUT2D eigenvalue weighted by molar-refractivity contribution is 9.39. The van der Waals surface area contributed by atoms with Crippen LogP contribution < -0.4 is 0 Å². The summed E-state index contributed by atoms with van der Waals surface area (Å²) in [5, 5.41) is 0. The van der Waals surface area contributed by atoms with Crippen molar-refractivity contribution in [2.45, 2.75) is 13.8 Å². The SMILES string of the molecule is CCOP(=O)(Br)OCC. The molecule has 0 aliphatic carbocycles. The lowest BCUT2D eigenvalue weighted by molar-refractivity contribution is 0.238. The molecule has 0 atom stereocenters. The van der Waals surface area contributed by atoms with Crippen LogP contribution in [0.3, 0.4) is 0 Å². The van der Waals surface area contributed by atoms with Gasteiger partial charge in [-0.2, -0.15) is 0 Å². The minimum absolute atomic E-state index is 0.391. The molecule has 0 saturated heterocycles. The van der Waals surface area contributed by atoms with E-state index in [-0.39, 0.29) is 0 Å². The fourth-order valence-corrected chi connectivity index (χ4v) is 2.27. The zero-order valence-electron chi connectivity index (χ0n) is 5.46. The predicted molar refractivity (Wildman–Crippen MR) is 39.8 cm³/mol. The fraction of sp³-hybridized carbons (Fsp3) is 1.00. The molecule has 0 radical (unpaired) electrons. The second kappa shape index (κ2) is 4.45. The van der Waals surface area contributed by atoms with Crippen LogP contribution in [0.5, 0.6) is 0 Å². The third kappa shape index (κ3) is 5.09. The summed E-state index contributed by atoms with van der Waals surface area (Å²) in [6.07, 6.45) is -2.88. The smallest absolute Gasteiger partial charge is 0.301 e. The van der Waals surface area contributed by atoms with Crippen molar-refractivity contribution in [1.82, 2.24) is 0 Å². The molecular weight excluding hydrogens is 207 g/mol. The largest absolute Gasteiger partial charge is 0.396 e. The van der Waals surface area contributed by atoms with Crippen molar-refractivity contribution in [2.24, 2.45) is 0 Å². The van der Waals surface area contributed by atoms with Gasteiger partial charge in [-0.05, 0) is 13.8 Å². The van der Waals surface area contributed by atoms with E-state index in [1.165, 1.54) is 0 Å². The number of hydrogen-bond donors (Lipinski definition) is 0. The van der Waals surface area contributed by atoms with Crippen molar-refractivity contribution in [3.63, 3.8) is 0 Å². The maximum Gasteiger partial charge on any atom is 0.396 e. The Morgan fingerprint density at radius 2 is 1.67 bits per heavy atom. The lowest BCUT2D eigenvalue weighted by atomic mass is 10.9. The quantitative estimate of drug-likeness (QED) is 0.678. The highest BCUT2D eigenvalue weighted by Gasteiger charge is 2.16. The maximum absolute atomic E-state index is 10.9. The van der Waals surface area contributed by atoms with Crippen LogP contribution in [-0.2, 0) is 13.6 Å². The number of rotatable bonds is 4. The maximum atomic E-state index is 10.9. The van der Waals surface area contributed by atoms with Crippen LogP contribution in [-0.4, -0.2) is 13.2 Å². The number of halogens is 1. The van der Waals surface area contributed by atoms with Crippen molar-refractivity contribution in [1.29, 1.82) is 0 Å². The van der Waals surface area contributed by atoms with Gasteiger partial charge in [-0.3, -0.25) is 0 Å². The summed E-state index contributed by atoms with van der Waals surface area (Å²) in [6, 6.07) is 0. The third-order valence-electron chi connectivity index (χ3n) is 0.567. The molecule has 0 rings (SSSR count). The van der Waals surface area contributed by atoms with Gasteiger partial charge < -0.3 is 9.05 Å². The van der Waals surface area contributed by atoms with Crippen molar-refractivity contribution in [3.8, 4) is 0 Å². The van der Waals surface area contributed by atoms with E-state index in [2.05, 4.69) is 15.5 Å². The molecule has 0 bridgehead atoms. The minimum Gasteiger partial charge on any atom is -0.301 e. The Morgan fingerprint density at radius 3 is 1.89 bits per heavy atom. The van der Waals surface area contributed by atoms with Gasteiger partial charge in [-0.1, -0.05) is 0 Å². The highest BCUT2D eigenvalue weighted by Crippen LogP contribution is 2.55. The summed E-state index contributed by atoms with van der Waals surface area (Å²) < 4.78 is 20.3. The molecular formula is C4H10BrO3P. The second-order valence-corrected chi connectivity index (χ2v) is 5.25. The molecule has 0 amide bonds. The zero-order valence-corrected chi connectivity index (χ0v) is 7.94. The van der Waals surface area contributed by atoms with E-state index in [1.54, 1.807) is 13.8 Å². The molecule has 3 nitrogen and oxygen atoms in total. The van der Waals surface area contributed by atoms with E-state index in [9.17, 15) is 4.57 Å². The first-order chi connectivity index (χ1) is 4.12. The van der Waals surface area contributed by atoms with Crippen molar-refractivity contribution < 1.29 is 13.6 Å². The lowest BCUT2D eigenvalue weighted by Crippen LogP contribution is -1.88. The van der Waals surface area contributed by atoms with Crippen LogP contribution in [0.1, 0.15) is 13.8 Å². The van der Waals surface area contributed by atoms with Crippen LogP contribution in [0, 0.1) is 0 Å². The van der Waals surface area contributed by atoms with Crippen LogP contribution in [0.2, 0.25) is 0 Å². The molecule has 0 aromatic rings. The predicted octanol–water partition coefficient (Wildman–Crippen LogP) is 2.56. The molecule has 0 spiro atoms. The monoisotopic (exact) mass is 216 g/mol. The molecule has 0 aromatic carbocycles. The summed E-state index contributed by atoms with van der Waals surface area (Å²) in [5.41, 5.74) is 0. The van der Waals surface area contributed by atoms with Crippen LogP contribution in [0.15, 0.2) is 0 Å². The Morgan fingerprint density at radius 1 is 1.33 bits per heavy atom. The van der Waals surface area contributed by atoms with E-state index in [0.717, 1.165) is 0 Å².